The average molecular weight is 190 g/mol. The third-order valence-corrected chi connectivity index (χ3v) is 2.87. The normalized spacial score (nSPS) is 15.7. The summed E-state index contributed by atoms with van der Waals surface area (Å²) in [6.07, 6.45) is 4.93. The highest BCUT2D eigenvalue weighted by atomic mass is 14.9. The summed E-state index contributed by atoms with van der Waals surface area (Å²) in [6.45, 7) is 6.44. The predicted octanol–water partition coefficient (Wildman–Crippen LogP) is 2.79. The molecule has 1 aliphatic rings. The molecule has 14 heavy (non-hydrogen) atoms. The maximum absolute atomic E-state index is 4.57. The maximum atomic E-state index is 4.57. The molecule has 0 fully saturated rings. The fourth-order valence-corrected chi connectivity index (χ4v) is 2.23. The Kier molecular flexibility index (Phi) is 2.53. The van der Waals surface area contributed by atoms with Crippen molar-refractivity contribution >= 4 is 0 Å². The number of fused-ring (bicyclic) bond motifs is 1. The first-order valence-electron chi connectivity index (χ1n) is 5.54. The Morgan fingerprint density at radius 3 is 2.50 bits per heavy atom. The number of aryl methyl sites for hydroxylation is 2. The molecule has 0 radical (unpaired) electrons. The van der Waals surface area contributed by atoms with Crippen LogP contribution >= 0.6 is 0 Å². The number of hydrogen-bond acceptors (Lipinski definition) is 2. The molecule has 0 unspecified atom stereocenters. The van der Waals surface area contributed by atoms with Crippen molar-refractivity contribution in [1.82, 2.24) is 9.97 Å². The van der Waals surface area contributed by atoms with Crippen LogP contribution in [0.5, 0.6) is 0 Å². The lowest BCUT2D eigenvalue weighted by atomic mass is 9.91. The summed E-state index contributed by atoms with van der Waals surface area (Å²) >= 11 is 0. The van der Waals surface area contributed by atoms with Crippen molar-refractivity contribution in [2.24, 2.45) is 0 Å². The van der Waals surface area contributed by atoms with Gasteiger partial charge in [-0.25, -0.2) is 9.97 Å². The fraction of sp³-hybridized carbons (Fsp3) is 0.667. The van der Waals surface area contributed by atoms with Crippen LogP contribution in [0.2, 0.25) is 0 Å². The third-order valence-electron chi connectivity index (χ3n) is 2.87. The summed E-state index contributed by atoms with van der Waals surface area (Å²) < 4.78 is 0. The van der Waals surface area contributed by atoms with Crippen molar-refractivity contribution in [1.29, 1.82) is 0 Å². The summed E-state index contributed by atoms with van der Waals surface area (Å²) in [4.78, 5) is 9.12. The molecule has 0 atom stereocenters. The van der Waals surface area contributed by atoms with E-state index in [0.29, 0.717) is 5.92 Å². The van der Waals surface area contributed by atoms with E-state index in [-0.39, 0.29) is 0 Å². The first-order chi connectivity index (χ1) is 6.68. The lowest BCUT2D eigenvalue weighted by Gasteiger charge is -2.20. The van der Waals surface area contributed by atoms with Crippen LogP contribution in [0.3, 0.4) is 0 Å². The number of rotatable bonds is 1. The molecule has 2 nitrogen and oxygen atoms in total. The van der Waals surface area contributed by atoms with Gasteiger partial charge >= 0.3 is 0 Å². The minimum absolute atomic E-state index is 0.531. The van der Waals surface area contributed by atoms with Gasteiger partial charge in [0.2, 0.25) is 0 Å². The van der Waals surface area contributed by atoms with Crippen LogP contribution in [0.15, 0.2) is 0 Å². The van der Waals surface area contributed by atoms with Crippen molar-refractivity contribution in [2.45, 2.75) is 52.4 Å². The molecule has 1 aromatic rings. The molecule has 2 heteroatoms. The van der Waals surface area contributed by atoms with Gasteiger partial charge in [0.05, 0.1) is 5.69 Å². The van der Waals surface area contributed by atoms with E-state index in [1.165, 1.54) is 36.2 Å². The van der Waals surface area contributed by atoms with Gasteiger partial charge in [-0.3, -0.25) is 0 Å². The Morgan fingerprint density at radius 2 is 1.79 bits per heavy atom. The smallest absolute Gasteiger partial charge is 0.125 e. The van der Waals surface area contributed by atoms with Crippen molar-refractivity contribution in [3.8, 4) is 0 Å². The first kappa shape index (κ1) is 9.63. The molecule has 0 bridgehead atoms. The van der Waals surface area contributed by atoms with E-state index in [0.717, 1.165) is 12.2 Å². The SMILES string of the molecule is Cc1nc2c(c(C(C)C)n1)CCCC2. The summed E-state index contributed by atoms with van der Waals surface area (Å²) in [5.74, 6) is 1.47. The average Bonchev–Trinajstić information content (AvgIpc) is 2.16. The molecular formula is C12H18N2. The molecule has 0 saturated carbocycles. The lowest BCUT2D eigenvalue weighted by Crippen LogP contribution is -2.13. The van der Waals surface area contributed by atoms with Crippen LogP contribution in [0, 0.1) is 6.92 Å². The van der Waals surface area contributed by atoms with Gasteiger partial charge in [0.25, 0.3) is 0 Å². The van der Waals surface area contributed by atoms with Gasteiger partial charge in [0.15, 0.2) is 0 Å². The summed E-state index contributed by atoms with van der Waals surface area (Å²) in [6, 6.07) is 0. The zero-order valence-corrected chi connectivity index (χ0v) is 9.30. The van der Waals surface area contributed by atoms with E-state index in [9.17, 15) is 0 Å². The van der Waals surface area contributed by atoms with Gasteiger partial charge in [-0.05, 0) is 44.1 Å². The Morgan fingerprint density at radius 1 is 1.07 bits per heavy atom. The monoisotopic (exact) mass is 190 g/mol. The van der Waals surface area contributed by atoms with Crippen LogP contribution in [0.25, 0.3) is 0 Å². The molecule has 0 spiro atoms. The second-order valence-electron chi connectivity index (χ2n) is 4.44. The molecule has 76 valence electrons. The van der Waals surface area contributed by atoms with E-state index < -0.39 is 0 Å². The van der Waals surface area contributed by atoms with Crippen LogP contribution in [0.1, 0.15) is 55.4 Å². The van der Waals surface area contributed by atoms with Crippen molar-refractivity contribution in [3.63, 3.8) is 0 Å². The molecule has 0 aromatic carbocycles. The second-order valence-corrected chi connectivity index (χ2v) is 4.44. The van der Waals surface area contributed by atoms with Crippen LogP contribution in [-0.4, -0.2) is 9.97 Å². The Hall–Kier alpha value is -0.920. The van der Waals surface area contributed by atoms with Gasteiger partial charge in [-0.2, -0.15) is 0 Å². The van der Waals surface area contributed by atoms with Crippen LogP contribution in [-0.2, 0) is 12.8 Å². The molecule has 2 rings (SSSR count). The highest BCUT2D eigenvalue weighted by Crippen LogP contribution is 2.26. The minimum atomic E-state index is 0.531. The fourth-order valence-electron chi connectivity index (χ4n) is 2.23. The first-order valence-corrected chi connectivity index (χ1v) is 5.54. The van der Waals surface area contributed by atoms with Crippen molar-refractivity contribution in [3.05, 3.63) is 22.8 Å². The molecule has 1 aromatic heterocycles. The molecule has 0 N–H and O–H groups in total. The van der Waals surface area contributed by atoms with E-state index in [4.69, 9.17) is 0 Å². The Labute approximate surface area is 85.8 Å². The maximum Gasteiger partial charge on any atom is 0.125 e. The van der Waals surface area contributed by atoms with Crippen molar-refractivity contribution in [2.75, 3.05) is 0 Å². The number of aromatic nitrogens is 2. The Balaban J connectivity index is 2.52. The predicted molar refractivity (Wildman–Crippen MR) is 57.5 cm³/mol. The highest BCUT2D eigenvalue weighted by molar-refractivity contribution is 5.30. The summed E-state index contributed by atoms with van der Waals surface area (Å²) in [7, 11) is 0. The van der Waals surface area contributed by atoms with E-state index in [1.807, 2.05) is 6.92 Å². The zero-order chi connectivity index (χ0) is 10.1. The van der Waals surface area contributed by atoms with Gasteiger partial charge in [-0.1, -0.05) is 13.8 Å². The molecule has 0 amide bonds. The molecule has 1 aliphatic carbocycles. The molecule has 1 heterocycles. The van der Waals surface area contributed by atoms with E-state index in [1.54, 1.807) is 0 Å². The summed E-state index contributed by atoms with van der Waals surface area (Å²) in [5.41, 5.74) is 4.04. The largest absolute Gasteiger partial charge is 0.238 e. The Bertz CT molecular complexity index is 342. The third kappa shape index (κ3) is 1.66. The van der Waals surface area contributed by atoms with Crippen LogP contribution < -0.4 is 0 Å². The topological polar surface area (TPSA) is 25.8 Å². The number of hydrogen-bond donors (Lipinski definition) is 0. The van der Waals surface area contributed by atoms with E-state index >= 15 is 0 Å². The van der Waals surface area contributed by atoms with Gasteiger partial charge in [0, 0.05) is 5.69 Å². The summed E-state index contributed by atoms with van der Waals surface area (Å²) in [5, 5.41) is 0. The lowest BCUT2D eigenvalue weighted by molar-refractivity contribution is 0.634. The standard InChI is InChI=1S/C12H18N2/c1-8(2)12-10-6-4-5-7-11(10)13-9(3)14-12/h8H,4-7H2,1-3H3. The quantitative estimate of drug-likeness (QED) is 0.680. The highest BCUT2D eigenvalue weighted by Gasteiger charge is 2.17. The molecule has 0 aliphatic heterocycles. The minimum Gasteiger partial charge on any atom is -0.238 e. The second kappa shape index (κ2) is 3.68. The molecular weight excluding hydrogens is 172 g/mol. The molecule has 0 saturated heterocycles. The van der Waals surface area contributed by atoms with Gasteiger partial charge in [-0.15, -0.1) is 0 Å². The van der Waals surface area contributed by atoms with E-state index in [2.05, 4.69) is 23.8 Å². The van der Waals surface area contributed by atoms with Gasteiger partial charge < -0.3 is 0 Å². The van der Waals surface area contributed by atoms with Crippen molar-refractivity contribution < 1.29 is 0 Å². The zero-order valence-electron chi connectivity index (χ0n) is 9.30. The van der Waals surface area contributed by atoms with Crippen LogP contribution in [0.4, 0.5) is 0 Å². The van der Waals surface area contributed by atoms with Gasteiger partial charge in [0.1, 0.15) is 5.82 Å². The number of nitrogens with zero attached hydrogens (tertiary/aromatic N) is 2.